The van der Waals surface area contributed by atoms with Crippen molar-refractivity contribution in [2.45, 2.75) is 6.92 Å². The van der Waals surface area contributed by atoms with Crippen molar-refractivity contribution in [3.05, 3.63) is 34.2 Å². The van der Waals surface area contributed by atoms with Crippen LogP contribution in [-0.4, -0.2) is 29.5 Å². The van der Waals surface area contributed by atoms with E-state index in [2.05, 4.69) is 10.6 Å². The zero-order chi connectivity index (χ0) is 12.8. The van der Waals surface area contributed by atoms with Crippen LogP contribution < -0.4 is 16.2 Å². The summed E-state index contributed by atoms with van der Waals surface area (Å²) >= 11 is 0. The van der Waals surface area contributed by atoms with Gasteiger partial charge in [-0.3, -0.25) is 14.4 Å². The van der Waals surface area contributed by atoms with E-state index in [-0.39, 0.29) is 17.4 Å². The molecule has 0 aromatic carbocycles. The van der Waals surface area contributed by atoms with Crippen molar-refractivity contribution in [1.29, 1.82) is 0 Å². The van der Waals surface area contributed by atoms with Gasteiger partial charge in [0.15, 0.2) is 0 Å². The summed E-state index contributed by atoms with van der Waals surface area (Å²) in [6.45, 7) is 2.14. The van der Waals surface area contributed by atoms with E-state index in [4.69, 9.17) is 0 Å². The molecular weight excluding hydrogens is 222 g/mol. The summed E-state index contributed by atoms with van der Waals surface area (Å²) < 4.78 is 1.34. The molecule has 0 fully saturated rings. The Labute approximate surface area is 98.6 Å². The third-order valence-electron chi connectivity index (χ3n) is 2.13. The molecule has 0 spiro atoms. The fourth-order valence-corrected chi connectivity index (χ4v) is 1.24. The van der Waals surface area contributed by atoms with Crippen molar-refractivity contribution >= 4 is 11.8 Å². The molecule has 92 valence electrons. The monoisotopic (exact) mass is 237 g/mol. The van der Waals surface area contributed by atoms with Gasteiger partial charge in [-0.15, -0.1) is 0 Å². The van der Waals surface area contributed by atoms with Crippen molar-refractivity contribution in [2.24, 2.45) is 7.05 Å². The average molecular weight is 237 g/mol. The zero-order valence-corrected chi connectivity index (χ0v) is 9.82. The van der Waals surface area contributed by atoms with Gasteiger partial charge in [0.1, 0.15) is 0 Å². The number of nitrogens with one attached hydrogen (secondary N) is 2. The topological polar surface area (TPSA) is 80.2 Å². The van der Waals surface area contributed by atoms with Gasteiger partial charge >= 0.3 is 0 Å². The highest BCUT2D eigenvalue weighted by molar-refractivity contribution is 5.93. The Balaban J connectivity index is 2.50. The van der Waals surface area contributed by atoms with Gasteiger partial charge in [0.05, 0.1) is 5.56 Å². The molecule has 1 aromatic rings. The lowest BCUT2D eigenvalue weighted by Gasteiger charge is -2.06. The van der Waals surface area contributed by atoms with Gasteiger partial charge in [-0.25, -0.2) is 0 Å². The van der Waals surface area contributed by atoms with Crippen LogP contribution in [0, 0.1) is 0 Å². The minimum absolute atomic E-state index is 0.138. The number of hydrogen-bond donors (Lipinski definition) is 2. The van der Waals surface area contributed by atoms with Gasteiger partial charge in [0.2, 0.25) is 11.5 Å². The molecule has 6 nitrogen and oxygen atoms in total. The molecule has 2 N–H and O–H groups in total. The van der Waals surface area contributed by atoms with E-state index in [0.29, 0.717) is 18.7 Å². The largest absolute Gasteiger partial charge is 0.355 e. The molecule has 17 heavy (non-hydrogen) atoms. The van der Waals surface area contributed by atoms with Crippen molar-refractivity contribution in [3.8, 4) is 0 Å². The number of aromatic nitrogens is 1. The van der Waals surface area contributed by atoms with Gasteiger partial charge in [-0.1, -0.05) is 0 Å². The number of carbonyl (C=O) groups is 2. The molecule has 0 aliphatic carbocycles. The third kappa shape index (κ3) is 4.10. The van der Waals surface area contributed by atoms with E-state index in [1.54, 1.807) is 7.05 Å². The first-order valence-electron chi connectivity index (χ1n) is 5.20. The van der Waals surface area contributed by atoms with Crippen LogP contribution in [0.2, 0.25) is 0 Å². The summed E-state index contributed by atoms with van der Waals surface area (Å²) in [6.07, 6.45) is 1.47. The highest BCUT2D eigenvalue weighted by Gasteiger charge is 2.05. The number of aryl methyl sites for hydroxylation is 1. The molecule has 0 aliphatic rings. The Morgan fingerprint density at radius 2 is 1.88 bits per heavy atom. The zero-order valence-electron chi connectivity index (χ0n) is 9.82. The van der Waals surface area contributed by atoms with Crippen LogP contribution in [0.25, 0.3) is 0 Å². The minimum Gasteiger partial charge on any atom is -0.355 e. The van der Waals surface area contributed by atoms with E-state index in [1.165, 1.54) is 29.8 Å². The van der Waals surface area contributed by atoms with Crippen molar-refractivity contribution in [2.75, 3.05) is 13.1 Å². The van der Waals surface area contributed by atoms with Crippen LogP contribution >= 0.6 is 0 Å². The predicted octanol–water partition coefficient (Wildman–Crippen LogP) is -0.749. The highest BCUT2D eigenvalue weighted by Crippen LogP contribution is 1.93. The van der Waals surface area contributed by atoms with E-state index in [0.717, 1.165) is 0 Å². The smallest absolute Gasteiger partial charge is 0.252 e. The van der Waals surface area contributed by atoms with E-state index >= 15 is 0 Å². The number of pyridine rings is 1. The Morgan fingerprint density at radius 1 is 1.24 bits per heavy atom. The van der Waals surface area contributed by atoms with Crippen molar-refractivity contribution in [3.63, 3.8) is 0 Å². The molecule has 1 rings (SSSR count). The Morgan fingerprint density at radius 3 is 2.47 bits per heavy atom. The summed E-state index contributed by atoms with van der Waals surface area (Å²) in [6, 6.07) is 2.80. The van der Waals surface area contributed by atoms with Gasteiger partial charge in [-0.2, -0.15) is 0 Å². The van der Waals surface area contributed by atoms with Gasteiger partial charge < -0.3 is 15.2 Å². The fraction of sp³-hybridized carbons (Fsp3) is 0.364. The predicted molar refractivity (Wildman–Crippen MR) is 62.7 cm³/mol. The molecule has 6 heteroatoms. The van der Waals surface area contributed by atoms with Gasteiger partial charge in [0, 0.05) is 39.3 Å². The van der Waals surface area contributed by atoms with Crippen LogP contribution in [0.5, 0.6) is 0 Å². The summed E-state index contributed by atoms with van der Waals surface area (Å²) in [5, 5.41) is 5.20. The molecule has 1 aromatic heterocycles. The first-order chi connectivity index (χ1) is 8.00. The van der Waals surface area contributed by atoms with Gasteiger partial charge in [0.25, 0.3) is 5.91 Å². The number of amides is 2. The normalized spacial score (nSPS) is 9.76. The lowest BCUT2D eigenvalue weighted by Crippen LogP contribution is -2.34. The first kappa shape index (κ1) is 13.0. The molecule has 2 amide bonds. The second kappa shape index (κ2) is 5.83. The van der Waals surface area contributed by atoms with E-state index in [1.807, 2.05) is 0 Å². The molecule has 0 unspecified atom stereocenters. The number of hydrogen-bond acceptors (Lipinski definition) is 3. The molecule has 0 atom stereocenters. The summed E-state index contributed by atoms with van der Waals surface area (Å²) in [7, 11) is 1.58. The standard InChI is InChI=1S/C11H15N3O3/c1-8(15)12-5-6-13-11(17)9-3-4-10(16)14(2)7-9/h3-4,7H,5-6H2,1-2H3,(H,12,15)(H,13,17). The van der Waals surface area contributed by atoms with E-state index < -0.39 is 0 Å². The Hall–Kier alpha value is -2.11. The summed E-state index contributed by atoms with van der Waals surface area (Å²) in [4.78, 5) is 33.3. The van der Waals surface area contributed by atoms with Gasteiger partial charge in [-0.05, 0) is 6.07 Å². The molecule has 0 saturated heterocycles. The van der Waals surface area contributed by atoms with Crippen LogP contribution in [0.4, 0.5) is 0 Å². The maximum atomic E-state index is 11.6. The first-order valence-corrected chi connectivity index (χ1v) is 5.20. The van der Waals surface area contributed by atoms with Crippen LogP contribution in [0.1, 0.15) is 17.3 Å². The SMILES string of the molecule is CC(=O)NCCNC(=O)c1ccc(=O)n(C)c1. The van der Waals surface area contributed by atoms with E-state index in [9.17, 15) is 14.4 Å². The Kier molecular flexibility index (Phi) is 4.45. The number of carbonyl (C=O) groups excluding carboxylic acids is 2. The highest BCUT2D eigenvalue weighted by atomic mass is 16.2. The maximum Gasteiger partial charge on any atom is 0.252 e. The molecule has 0 aliphatic heterocycles. The summed E-state index contributed by atoms with van der Waals surface area (Å²) in [5.41, 5.74) is 0.245. The van der Waals surface area contributed by atoms with Crippen LogP contribution in [-0.2, 0) is 11.8 Å². The maximum absolute atomic E-state index is 11.6. The molecule has 0 radical (unpaired) electrons. The van der Waals surface area contributed by atoms with Crippen LogP contribution in [0.15, 0.2) is 23.1 Å². The second-order valence-corrected chi connectivity index (χ2v) is 3.61. The van der Waals surface area contributed by atoms with Crippen molar-refractivity contribution in [1.82, 2.24) is 15.2 Å². The Bertz CT molecular complexity index is 479. The van der Waals surface area contributed by atoms with Crippen LogP contribution in [0.3, 0.4) is 0 Å². The van der Waals surface area contributed by atoms with Crippen molar-refractivity contribution < 1.29 is 9.59 Å². The lowest BCUT2D eigenvalue weighted by molar-refractivity contribution is -0.118. The average Bonchev–Trinajstić information content (AvgIpc) is 2.27. The number of nitrogens with zero attached hydrogens (tertiary/aromatic N) is 1. The lowest BCUT2D eigenvalue weighted by atomic mass is 10.2. The third-order valence-corrected chi connectivity index (χ3v) is 2.13. The fourth-order valence-electron chi connectivity index (χ4n) is 1.24. The molecule has 0 saturated carbocycles. The summed E-state index contributed by atoms with van der Waals surface area (Å²) in [5.74, 6) is -0.410. The second-order valence-electron chi connectivity index (χ2n) is 3.61. The quantitative estimate of drug-likeness (QED) is 0.676. The molecule has 0 bridgehead atoms. The molecular formula is C11H15N3O3. The minimum atomic E-state index is -0.272. The molecule has 1 heterocycles. The number of rotatable bonds is 4.